The van der Waals surface area contributed by atoms with Crippen molar-refractivity contribution in [3.63, 3.8) is 0 Å². The minimum absolute atomic E-state index is 0.192. The molecule has 0 saturated heterocycles. The Labute approximate surface area is 136 Å². The predicted octanol–water partition coefficient (Wildman–Crippen LogP) is 2.52. The molecule has 21 heavy (non-hydrogen) atoms. The van der Waals surface area contributed by atoms with Gasteiger partial charge in [0.25, 0.3) is 0 Å². The number of thioether (sulfide) groups is 1. The highest BCUT2D eigenvalue weighted by atomic mass is 127. The molecular weight excluding hydrogens is 446 g/mol. The summed E-state index contributed by atoms with van der Waals surface area (Å²) >= 11 is 1.40. The Morgan fingerprint density at radius 3 is 2.52 bits per heavy atom. The number of halogens is 4. The van der Waals surface area contributed by atoms with Gasteiger partial charge >= 0.3 is 11.5 Å². The molecule has 0 unspecified atom stereocenters. The smallest absolute Gasteiger partial charge is 0.441 e. The summed E-state index contributed by atoms with van der Waals surface area (Å²) in [5.41, 5.74) is -4.62. The maximum absolute atomic E-state index is 11.9. The molecule has 0 aliphatic heterocycles. The van der Waals surface area contributed by atoms with Crippen LogP contribution >= 0.6 is 34.4 Å². The minimum Gasteiger partial charge on any atom is -0.478 e. The van der Waals surface area contributed by atoms with Crippen LogP contribution in [0.1, 0.15) is 10.4 Å². The Balaban J connectivity index is 2.79. The average molecular weight is 455 g/mol. The van der Waals surface area contributed by atoms with Crippen molar-refractivity contribution in [2.24, 2.45) is 0 Å². The Morgan fingerprint density at radius 1 is 1.38 bits per heavy atom. The van der Waals surface area contributed by atoms with E-state index in [-0.39, 0.29) is 22.2 Å². The summed E-state index contributed by atoms with van der Waals surface area (Å²) in [6.07, 6.45) is 0. The van der Waals surface area contributed by atoms with Crippen LogP contribution in [0.2, 0.25) is 0 Å². The van der Waals surface area contributed by atoms with Crippen molar-refractivity contribution in [3.8, 4) is 0 Å². The molecule has 0 aliphatic carbocycles. The fourth-order valence-electron chi connectivity index (χ4n) is 1.26. The monoisotopic (exact) mass is 455 g/mol. The van der Waals surface area contributed by atoms with Gasteiger partial charge in [0.15, 0.2) is 0 Å². The highest BCUT2D eigenvalue weighted by Gasteiger charge is 2.28. The van der Waals surface area contributed by atoms with Gasteiger partial charge in [-0.2, -0.15) is 13.2 Å². The first-order valence-corrected chi connectivity index (χ1v) is 8.81. The molecule has 118 valence electrons. The van der Waals surface area contributed by atoms with Crippen LogP contribution in [-0.2, 0) is 10.0 Å². The van der Waals surface area contributed by atoms with E-state index in [1.54, 1.807) is 22.6 Å². The number of hydrogen-bond donors (Lipinski definition) is 2. The van der Waals surface area contributed by atoms with Crippen LogP contribution in [0, 0.1) is 3.57 Å². The number of carbonyl (C=O) groups is 1. The van der Waals surface area contributed by atoms with Crippen molar-refractivity contribution in [1.29, 1.82) is 0 Å². The average Bonchev–Trinajstić information content (AvgIpc) is 2.33. The zero-order chi connectivity index (χ0) is 16.3. The second-order valence-corrected chi connectivity index (χ2v) is 7.73. The number of benzene rings is 1. The second-order valence-electron chi connectivity index (χ2n) is 3.64. The van der Waals surface area contributed by atoms with E-state index in [2.05, 4.69) is 0 Å². The van der Waals surface area contributed by atoms with Crippen molar-refractivity contribution in [2.45, 2.75) is 10.4 Å². The molecule has 1 aromatic rings. The molecule has 0 spiro atoms. The molecule has 0 fully saturated rings. The molecule has 5 nitrogen and oxygen atoms in total. The maximum Gasteiger partial charge on any atom is 0.441 e. The van der Waals surface area contributed by atoms with Gasteiger partial charge in [0.05, 0.1) is 10.5 Å². The Hall–Kier alpha value is -0.530. The van der Waals surface area contributed by atoms with Gasteiger partial charge in [-0.15, -0.1) is 0 Å². The van der Waals surface area contributed by atoms with Crippen LogP contribution in [0.5, 0.6) is 0 Å². The van der Waals surface area contributed by atoms with Crippen LogP contribution in [0.3, 0.4) is 0 Å². The van der Waals surface area contributed by atoms with Crippen molar-refractivity contribution < 1.29 is 31.5 Å². The third-order valence-electron chi connectivity index (χ3n) is 2.14. The van der Waals surface area contributed by atoms with E-state index >= 15 is 0 Å². The highest BCUT2D eigenvalue weighted by Crippen LogP contribution is 2.29. The molecule has 0 saturated carbocycles. The molecule has 1 aromatic carbocycles. The van der Waals surface area contributed by atoms with Gasteiger partial charge in [-0.1, -0.05) is 0 Å². The van der Waals surface area contributed by atoms with Crippen LogP contribution in [0.25, 0.3) is 0 Å². The van der Waals surface area contributed by atoms with E-state index in [9.17, 15) is 26.4 Å². The first-order valence-electron chi connectivity index (χ1n) is 5.26. The Bertz CT molecular complexity index is 634. The standard InChI is InChI=1S/C10H9F3INO4S2/c11-10(12,13)20-4-3-15-21(18,19)6-1-2-8(14)7(5-6)9(16)17/h1-2,5,15H,3-4H2,(H,16,17). The lowest BCUT2D eigenvalue weighted by molar-refractivity contribution is -0.0327. The molecule has 0 amide bonds. The fraction of sp³-hybridized carbons (Fsp3) is 0.300. The predicted molar refractivity (Wildman–Crippen MR) is 79.8 cm³/mol. The lowest BCUT2D eigenvalue weighted by Gasteiger charge is -2.09. The van der Waals surface area contributed by atoms with E-state index in [1.165, 1.54) is 12.1 Å². The highest BCUT2D eigenvalue weighted by molar-refractivity contribution is 14.1. The SMILES string of the molecule is O=C(O)c1cc(S(=O)(=O)NCCSC(F)(F)F)ccc1I. The molecular formula is C10H9F3INO4S2. The summed E-state index contributed by atoms with van der Waals surface area (Å²) in [4.78, 5) is 10.6. The number of nitrogens with one attached hydrogen (secondary N) is 1. The summed E-state index contributed by atoms with van der Waals surface area (Å²) in [6.45, 7) is -0.416. The molecule has 0 atom stereocenters. The first-order chi connectivity index (χ1) is 9.53. The van der Waals surface area contributed by atoms with Gasteiger partial charge in [-0.3, -0.25) is 0 Å². The van der Waals surface area contributed by atoms with Gasteiger partial charge in [-0.25, -0.2) is 17.9 Å². The quantitative estimate of drug-likeness (QED) is 0.509. The van der Waals surface area contributed by atoms with Gasteiger partial charge in [0, 0.05) is 15.9 Å². The topological polar surface area (TPSA) is 83.5 Å². The molecule has 0 aromatic heterocycles. The van der Waals surface area contributed by atoms with Gasteiger partial charge < -0.3 is 5.11 Å². The Morgan fingerprint density at radius 2 is 2.00 bits per heavy atom. The molecule has 0 bridgehead atoms. The first kappa shape index (κ1) is 18.5. The number of rotatable bonds is 6. The Kier molecular flexibility index (Phi) is 6.31. The number of hydrogen-bond acceptors (Lipinski definition) is 4. The number of carboxylic acids is 1. The molecule has 0 heterocycles. The lowest BCUT2D eigenvalue weighted by atomic mass is 10.2. The van der Waals surface area contributed by atoms with Crippen molar-refractivity contribution in [1.82, 2.24) is 4.72 Å². The van der Waals surface area contributed by atoms with Crippen LogP contribution in [-0.4, -0.2) is 37.3 Å². The van der Waals surface area contributed by atoms with Gasteiger partial charge in [-0.05, 0) is 52.6 Å². The lowest BCUT2D eigenvalue weighted by Crippen LogP contribution is -2.27. The molecule has 1 rings (SSSR count). The van der Waals surface area contributed by atoms with Crippen LogP contribution in [0.15, 0.2) is 23.1 Å². The van der Waals surface area contributed by atoms with E-state index in [1.807, 2.05) is 4.72 Å². The summed E-state index contributed by atoms with van der Waals surface area (Å²) in [5, 5.41) is 8.91. The molecule has 0 aliphatic rings. The fourth-order valence-corrected chi connectivity index (χ4v) is 3.45. The van der Waals surface area contributed by atoms with E-state index in [0.29, 0.717) is 3.57 Å². The zero-order valence-corrected chi connectivity index (χ0v) is 13.9. The van der Waals surface area contributed by atoms with Crippen molar-refractivity contribution >= 4 is 50.3 Å². The number of carboxylic acid groups (broad SMARTS) is 1. The second kappa shape index (κ2) is 7.15. The summed E-state index contributed by atoms with van der Waals surface area (Å²) in [7, 11) is -4.05. The largest absolute Gasteiger partial charge is 0.478 e. The number of alkyl halides is 3. The van der Waals surface area contributed by atoms with Crippen LogP contribution < -0.4 is 4.72 Å². The van der Waals surface area contributed by atoms with Crippen LogP contribution in [0.4, 0.5) is 13.2 Å². The summed E-state index contributed by atoms with van der Waals surface area (Å²) < 4.78 is 61.7. The maximum atomic E-state index is 11.9. The molecule has 11 heteroatoms. The third-order valence-corrected chi connectivity index (χ3v) is 5.27. The zero-order valence-electron chi connectivity index (χ0n) is 10.1. The third kappa shape index (κ3) is 6.00. The van der Waals surface area contributed by atoms with Gasteiger partial charge in [0.2, 0.25) is 10.0 Å². The number of aromatic carboxylic acids is 1. The summed E-state index contributed by atoms with van der Waals surface area (Å²) in [6, 6.07) is 3.46. The molecule has 0 radical (unpaired) electrons. The van der Waals surface area contributed by atoms with Gasteiger partial charge in [0.1, 0.15) is 0 Å². The normalized spacial score (nSPS) is 12.4. The van der Waals surface area contributed by atoms with Crippen molar-refractivity contribution in [3.05, 3.63) is 27.3 Å². The number of sulfonamides is 1. The summed E-state index contributed by atoms with van der Waals surface area (Å²) in [5.74, 6) is -1.76. The van der Waals surface area contributed by atoms with Crippen molar-refractivity contribution in [2.75, 3.05) is 12.3 Å². The van der Waals surface area contributed by atoms with E-state index < -0.39 is 33.8 Å². The minimum atomic E-state index is -4.43. The molecule has 2 N–H and O–H groups in total. The van der Waals surface area contributed by atoms with E-state index in [4.69, 9.17) is 5.11 Å². The van der Waals surface area contributed by atoms with E-state index in [0.717, 1.165) is 6.07 Å².